The topological polar surface area (TPSA) is 102 Å². The number of rotatable bonds is 4. The number of hydrogen-bond acceptors (Lipinski definition) is 6. The second-order valence-electron chi connectivity index (χ2n) is 6.25. The van der Waals surface area contributed by atoms with Crippen LogP contribution in [0.2, 0.25) is 0 Å². The maximum Gasteiger partial charge on any atom is 0.278 e. The summed E-state index contributed by atoms with van der Waals surface area (Å²) in [7, 11) is 0. The highest BCUT2D eigenvalue weighted by Crippen LogP contribution is 2.28. The minimum Gasteiger partial charge on any atom is -0.320 e. The highest BCUT2D eigenvalue weighted by atomic mass is 79.9. The van der Waals surface area contributed by atoms with Crippen molar-refractivity contribution in [1.29, 1.82) is 0 Å². The average Bonchev–Trinajstić information content (AvgIpc) is 3.23. The lowest BCUT2D eigenvalue weighted by Crippen LogP contribution is -2.14. The van der Waals surface area contributed by atoms with E-state index in [4.69, 9.17) is 0 Å². The Morgan fingerprint density at radius 3 is 2.72 bits per heavy atom. The van der Waals surface area contributed by atoms with Gasteiger partial charge >= 0.3 is 0 Å². The first-order valence-electron chi connectivity index (χ1n) is 8.58. The number of amides is 2. The third kappa shape index (κ3) is 4.03. The Labute approximate surface area is 178 Å². The van der Waals surface area contributed by atoms with Crippen molar-refractivity contribution in [2.45, 2.75) is 13.8 Å². The zero-order valence-electron chi connectivity index (χ0n) is 15.4. The van der Waals surface area contributed by atoms with Crippen LogP contribution in [0.4, 0.5) is 10.8 Å². The van der Waals surface area contributed by atoms with Gasteiger partial charge in [0.15, 0.2) is 10.8 Å². The van der Waals surface area contributed by atoms with Crippen molar-refractivity contribution in [3.63, 3.8) is 0 Å². The van der Waals surface area contributed by atoms with E-state index in [9.17, 15) is 9.59 Å². The van der Waals surface area contributed by atoms with Gasteiger partial charge in [-0.25, -0.2) is 9.67 Å². The van der Waals surface area contributed by atoms with Crippen molar-refractivity contribution in [3.05, 3.63) is 58.3 Å². The molecule has 4 rings (SSSR count). The zero-order chi connectivity index (χ0) is 20.5. The molecule has 2 aromatic carbocycles. The van der Waals surface area contributed by atoms with Crippen LogP contribution in [0.25, 0.3) is 15.9 Å². The van der Waals surface area contributed by atoms with Crippen LogP contribution >= 0.6 is 27.3 Å². The number of fused-ring (bicyclic) bond motifs is 1. The molecule has 0 saturated carbocycles. The van der Waals surface area contributed by atoms with E-state index in [0.717, 1.165) is 20.4 Å². The summed E-state index contributed by atoms with van der Waals surface area (Å²) in [6.45, 7) is 3.23. The number of thiazole rings is 1. The van der Waals surface area contributed by atoms with Crippen LogP contribution in [0, 0.1) is 6.92 Å². The van der Waals surface area contributed by atoms with Crippen LogP contribution in [0.15, 0.2) is 46.9 Å². The van der Waals surface area contributed by atoms with E-state index in [1.165, 1.54) is 18.3 Å². The van der Waals surface area contributed by atoms with Gasteiger partial charge in [0.25, 0.3) is 5.91 Å². The van der Waals surface area contributed by atoms with Gasteiger partial charge in [0.2, 0.25) is 5.91 Å². The Kier molecular flexibility index (Phi) is 5.12. The molecule has 2 N–H and O–H groups in total. The lowest BCUT2D eigenvalue weighted by molar-refractivity contribution is -0.114. The molecule has 0 radical (unpaired) electrons. The molecule has 0 spiro atoms. The molecule has 0 fully saturated rings. The van der Waals surface area contributed by atoms with Crippen LogP contribution in [0.1, 0.15) is 23.1 Å². The predicted molar refractivity (Wildman–Crippen MR) is 116 cm³/mol. The third-order valence-corrected chi connectivity index (χ3v) is 5.52. The summed E-state index contributed by atoms with van der Waals surface area (Å²) in [4.78, 5) is 28.3. The highest BCUT2D eigenvalue weighted by molar-refractivity contribution is 9.10. The fourth-order valence-corrected chi connectivity index (χ4v) is 4.13. The summed E-state index contributed by atoms with van der Waals surface area (Å²) in [6, 6.07) is 12.9. The summed E-state index contributed by atoms with van der Waals surface area (Å²) >= 11 is 4.77. The largest absolute Gasteiger partial charge is 0.320 e. The second kappa shape index (κ2) is 7.72. The van der Waals surface area contributed by atoms with E-state index in [1.807, 2.05) is 30.3 Å². The average molecular weight is 471 g/mol. The quantitative estimate of drug-likeness (QED) is 0.466. The van der Waals surface area contributed by atoms with Gasteiger partial charge in [-0.1, -0.05) is 38.5 Å². The van der Waals surface area contributed by atoms with Gasteiger partial charge in [-0.05, 0) is 43.3 Å². The number of nitrogens with zero attached hydrogens (tertiary/aromatic N) is 4. The maximum atomic E-state index is 12.7. The van der Waals surface area contributed by atoms with Crippen molar-refractivity contribution < 1.29 is 9.59 Å². The molecule has 0 atom stereocenters. The van der Waals surface area contributed by atoms with Crippen LogP contribution in [-0.4, -0.2) is 31.8 Å². The van der Waals surface area contributed by atoms with Crippen molar-refractivity contribution in [2.75, 3.05) is 10.6 Å². The number of anilines is 2. The molecule has 0 saturated heterocycles. The van der Waals surface area contributed by atoms with Crippen molar-refractivity contribution in [2.24, 2.45) is 0 Å². The van der Waals surface area contributed by atoms with E-state index in [1.54, 1.807) is 23.7 Å². The summed E-state index contributed by atoms with van der Waals surface area (Å²) in [5.74, 6) is -0.531. The van der Waals surface area contributed by atoms with Crippen LogP contribution in [-0.2, 0) is 4.79 Å². The molecule has 8 nitrogen and oxygen atoms in total. The first kappa shape index (κ1) is 19.2. The molecule has 29 heavy (non-hydrogen) atoms. The minimum absolute atomic E-state index is 0.179. The Morgan fingerprint density at radius 2 is 1.97 bits per heavy atom. The number of carbonyl (C=O) groups is 2. The van der Waals surface area contributed by atoms with Crippen molar-refractivity contribution in [1.82, 2.24) is 20.0 Å². The molecular weight excluding hydrogens is 456 g/mol. The van der Waals surface area contributed by atoms with Crippen LogP contribution in [0.5, 0.6) is 0 Å². The molecule has 0 bridgehead atoms. The summed E-state index contributed by atoms with van der Waals surface area (Å²) < 4.78 is 3.37. The number of aromatic nitrogens is 4. The fourth-order valence-electron chi connectivity index (χ4n) is 2.79. The number of nitrogens with one attached hydrogen (secondary N) is 2. The molecule has 0 aliphatic rings. The summed E-state index contributed by atoms with van der Waals surface area (Å²) in [6.07, 6.45) is 0. The number of hydrogen-bond donors (Lipinski definition) is 2. The fraction of sp³-hybridized carbons (Fsp3) is 0.105. The second-order valence-corrected chi connectivity index (χ2v) is 8.20. The Morgan fingerprint density at radius 1 is 1.14 bits per heavy atom. The van der Waals surface area contributed by atoms with Crippen LogP contribution in [0.3, 0.4) is 0 Å². The normalized spacial score (nSPS) is 10.9. The van der Waals surface area contributed by atoms with Gasteiger partial charge in [0, 0.05) is 17.1 Å². The third-order valence-electron chi connectivity index (χ3n) is 4.09. The molecule has 0 aliphatic carbocycles. The van der Waals surface area contributed by atoms with Gasteiger partial charge in [0.1, 0.15) is 0 Å². The predicted octanol–water partition coefficient (Wildman–Crippen LogP) is 4.16. The van der Waals surface area contributed by atoms with E-state index < -0.39 is 0 Å². The number of carbonyl (C=O) groups excluding carboxylic acids is 2. The SMILES string of the molecule is CC(=O)Nc1nc2ccc(NC(=O)c3nnn(-c4cccc(Br)c4)c3C)cc2s1. The lowest BCUT2D eigenvalue weighted by Gasteiger charge is -2.05. The molecule has 146 valence electrons. The Balaban J connectivity index is 1.57. The lowest BCUT2D eigenvalue weighted by atomic mass is 10.2. The number of benzene rings is 2. The van der Waals surface area contributed by atoms with Gasteiger partial charge in [0.05, 0.1) is 21.6 Å². The molecule has 2 amide bonds. The first-order valence-corrected chi connectivity index (χ1v) is 10.2. The van der Waals surface area contributed by atoms with Gasteiger partial charge in [-0.3, -0.25) is 9.59 Å². The van der Waals surface area contributed by atoms with Gasteiger partial charge in [-0.15, -0.1) is 5.10 Å². The van der Waals surface area contributed by atoms with Crippen molar-refractivity contribution in [3.8, 4) is 5.69 Å². The Hall–Kier alpha value is -3.11. The van der Waals surface area contributed by atoms with E-state index in [2.05, 4.69) is 41.9 Å². The highest BCUT2D eigenvalue weighted by Gasteiger charge is 2.18. The van der Waals surface area contributed by atoms with E-state index in [0.29, 0.717) is 16.5 Å². The van der Waals surface area contributed by atoms with Gasteiger partial charge < -0.3 is 10.6 Å². The van der Waals surface area contributed by atoms with Gasteiger partial charge in [-0.2, -0.15) is 0 Å². The van der Waals surface area contributed by atoms with Crippen molar-refractivity contribution >= 4 is 60.1 Å². The summed E-state index contributed by atoms with van der Waals surface area (Å²) in [5.41, 5.74) is 3.03. The molecule has 4 aromatic rings. The minimum atomic E-state index is -0.352. The number of halogens is 1. The Bertz CT molecular complexity index is 1250. The zero-order valence-corrected chi connectivity index (χ0v) is 17.8. The molecule has 10 heteroatoms. The van der Waals surface area contributed by atoms with Crippen LogP contribution < -0.4 is 10.6 Å². The molecule has 0 unspecified atom stereocenters. The molecular formula is C19H15BrN6O2S. The maximum absolute atomic E-state index is 12.7. The molecule has 2 heterocycles. The molecule has 2 aromatic heterocycles. The monoisotopic (exact) mass is 470 g/mol. The van der Waals surface area contributed by atoms with E-state index >= 15 is 0 Å². The first-order chi connectivity index (χ1) is 13.9. The van der Waals surface area contributed by atoms with E-state index in [-0.39, 0.29) is 17.5 Å². The smallest absolute Gasteiger partial charge is 0.278 e. The summed E-state index contributed by atoms with van der Waals surface area (Å²) in [5, 5.41) is 14.2. The standard InChI is InChI=1S/C19H15BrN6O2S/c1-10-17(24-25-26(10)14-5-3-4-12(20)8-14)18(28)22-13-6-7-15-16(9-13)29-19(23-15)21-11(2)27/h3-9H,1-2H3,(H,22,28)(H,21,23,27). The molecule has 0 aliphatic heterocycles.